The van der Waals surface area contributed by atoms with E-state index in [9.17, 15) is 0 Å². The van der Waals surface area contributed by atoms with Crippen molar-refractivity contribution in [2.75, 3.05) is 19.6 Å². The summed E-state index contributed by atoms with van der Waals surface area (Å²) in [6.45, 7) is 3.64. The van der Waals surface area contributed by atoms with Gasteiger partial charge in [0.1, 0.15) is 11.9 Å². The maximum atomic E-state index is 6.26. The van der Waals surface area contributed by atoms with Gasteiger partial charge in [0.15, 0.2) is 0 Å². The van der Waals surface area contributed by atoms with Crippen LogP contribution in [0.2, 0.25) is 0 Å². The van der Waals surface area contributed by atoms with Crippen molar-refractivity contribution in [3.63, 3.8) is 0 Å². The zero-order valence-corrected chi connectivity index (χ0v) is 11.1. The Morgan fingerprint density at radius 2 is 1.74 bits per heavy atom. The SMILES string of the molecule is c1ccc2cc(OC3CN4CCC3CC4)ccc2c1. The van der Waals surface area contributed by atoms with E-state index in [4.69, 9.17) is 4.74 Å². The van der Waals surface area contributed by atoms with E-state index in [1.54, 1.807) is 0 Å². The molecule has 0 aliphatic carbocycles. The number of benzene rings is 2. The zero-order chi connectivity index (χ0) is 12.7. The van der Waals surface area contributed by atoms with Gasteiger partial charge in [0.25, 0.3) is 0 Å². The molecule has 98 valence electrons. The van der Waals surface area contributed by atoms with Crippen LogP contribution in [0.15, 0.2) is 42.5 Å². The van der Waals surface area contributed by atoms with E-state index in [0.29, 0.717) is 6.10 Å². The van der Waals surface area contributed by atoms with Crippen molar-refractivity contribution in [3.05, 3.63) is 42.5 Å². The maximum absolute atomic E-state index is 6.26. The Morgan fingerprint density at radius 3 is 2.47 bits per heavy atom. The quantitative estimate of drug-likeness (QED) is 0.814. The molecule has 2 aromatic carbocycles. The molecule has 2 nitrogen and oxygen atoms in total. The molecule has 0 aromatic heterocycles. The topological polar surface area (TPSA) is 12.5 Å². The monoisotopic (exact) mass is 253 g/mol. The largest absolute Gasteiger partial charge is 0.489 e. The second-order valence-electron chi connectivity index (χ2n) is 5.80. The maximum Gasteiger partial charge on any atom is 0.120 e. The smallest absolute Gasteiger partial charge is 0.120 e. The van der Waals surface area contributed by atoms with Crippen LogP contribution in [0.1, 0.15) is 12.8 Å². The molecule has 19 heavy (non-hydrogen) atoms. The van der Waals surface area contributed by atoms with Crippen molar-refractivity contribution in [1.29, 1.82) is 0 Å². The van der Waals surface area contributed by atoms with Gasteiger partial charge in [-0.05, 0) is 54.8 Å². The third-order valence-corrected chi connectivity index (χ3v) is 4.60. The Hall–Kier alpha value is -1.54. The van der Waals surface area contributed by atoms with Crippen LogP contribution in [0.3, 0.4) is 0 Å². The minimum Gasteiger partial charge on any atom is -0.489 e. The van der Waals surface area contributed by atoms with Crippen LogP contribution in [0.4, 0.5) is 0 Å². The van der Waals surface area contributed by atoms with Gasteiger partial charge in [-0.1, -0.05) is 30.3 Å². The first kappa shape index (κ1) is 11.3. The fourth-order valence-corrected chi connectivity index (χ4v) is 3.46. The highest BCUT2D eigenvalue weighted by Gasteiger charge is 2.35. The average Bonchev–Trinajstić information content (AvgIpc) is 2.48. The molecular weight excluding hydrogens is 234 g/mol. The highest BCUT2D eigenvalue weighted by molar-refractivity contribution is 5.83. The lowest BCUT2D eigenvalue weighted by molar-refractivity contribution is -0.00769. The van der Waals surface area contributed by atoms with E-state index in [-0.39, 0.29) is 0 Å². The highest BCUT2D eigenvalue weighted by atomic mass is 16.5. The van der Waals surface area contributed by atoms with Gasteiger partial charge in [-0.25, -0.2) is 0 Å². The van der Waals surface area contributed by atoms with Crippen molar-refractivity contribution in [1.82, 2.24) is 4.90 Å². The lowest BCUT2D eigenvalue weighted by atomic mass is 9.86. The molecule has 3 saturated heterocycles. The molecule has 3 heterocycles. The summed E-state index contributed by atoms with van der Waals surface area (Å²) >= 11 is 0. The van der Waals surface area contributed by atoms with Gasteiger partial charge in [-0.15, -0.1) is 0 Å². The lowest BCUT2D eigenvalue weighted by Gasteiger charge is -2.44. The van der Waals surface area contributed by atoms with E-state index in [2.05, 4.69) is 47.4 Å². The number of piperidine rings is 3. The summed E-state index contributed by atoms with van der Waals surface area (Å²) in [5, 5.41) is 2.55. The summed E-state index contributed by atoms with van der Waals surface area (Å²) in [5.41, 5.74) is 0. The molecule has 0 radical (unpaired) electrons. The molecule has 3 aliphatic heterocycles. The molecule has 0 N–H and O–H groups in total. The van der Waals surface area contributed by atoms with E-state index in [1.807, 2.05) is 0 Å². The molecular formula is C17H19NO. The number of nitrogens with zero attached hydrogens (tertiary/aromatic N) is 1. The normalized spacial score (nSPS) is 29.6. The lowest BCUT2D eigenvalue weighted by Crippen LogP contribution is -2.52. The highest BCUT2D eigenvalue weighted by Crippen LogP contribution is 2.31. The Bertz CT molecular complexity index is 587. The van der Waals surface area contributed by atoms with Crippen molar-refractivity contribution >= 4 is 10.8 Å². The third kappa shape index (κ3) is 2.10. The second kappa shape index (κ2) is 4.53. The van der Waals surface area contributed by atoms with Gasteiger partial charge >= 0.3 is 0 Å². The fourth-order valence-electron chi connectivity index (χ4n) is 3.46. The minimum absolute atomic E-state index is 0.392. The predicted molar refractivity (Wildman–Crippen MR) is 77.5 cm³/mol. The standard InChI is InChI=1S/C17H19NO/c1-2-4-15-11-16(6-5-13(15)3-1)19-17-12-18-9-7-14(17)8-10-18/h1-6,11,14,17H,7-10,12H2. The number of fused-ring (bicyclic) bond motifs is 4. The molecule has 1 unspecified atom stereocenters. The van der Waals surface area contributed by atoms with Gasteiger partial charge in [0, 0.05) is 6.54 Å². The van der Waals surface area contributed by atoms with Gasteiger partial charge in [-0.3, -0.25) is 4.90 Å². The molecule has 0 saturated carbocycles. The van der Waals surface area contributed by atoms with Crippen LogP contribution >= 0.6 is 0 Å². The van der Waals surface area contributed by atoms with Crippen LogP contribution in [0.25, 0.3) is 10.8 Å². The Labute approximate surface area is 114 Å². The minimum atomic E-state index is 0.392. The Balaban J connectivity index is 1.58. The first-order valence-corrected chi connectivity index (χ1v) is 7.26. The molecule has 3 aliphatic rings. The molecule has 0 amide bonds. The summed E-state index contributed by atoms with van der Waals surface area (Å²) < 4.78 is 6.26. The van der Waals surface area contributed by atoms with Gasteiger partial charge in [0.05, 0.1) is 0 Å². The third-order valence-electron chi connectivity index (χ3n) is 4.60. The molecule has 2 bridgehead atoms. The first-order valence-electron chi connectivity index (χ1n) is 7.26. The van der Waals surface area contributed by atoms with Crippen LogP contribution < -0.4 is 4.74 Å². The molecule has 3 fully saturated rings. The molecule has 1 atom stereocenters. The summed E-state index contributed by atoms with van der Waals surface area (Å²) in [7, 11) is 0. The van der Waals surface area contributed by atoms with Gasteiger partial charge in [-0.2, -0.15) is 0 Å². The zero-order valence-electron chi connectivity index (χ0n) is 11.1. The Kier molecular flexibility index (Phi) is 2.70. The molecule has 5 rings (SSSR count). The number of hydrogen-bond acceptors (Lipinski definition) is 2. The summed E-state index contributed by atoms with van der Waals surface area (Å²) in [6, 6.07) is 14.9. The summed E-state index contributed by atoms with van der Waals surface area (Å²) in [5.74, 6) is 1.79. The predicted octanol–water partition coefficient (Wildman–Crippen LogP) is 3.31. The van der Waals surface area contributed by atoms with Gasteiger partial charge < -0.3 is 4.74 Å². The van der Waals surface area contributed by atoms with E-state index in [1.165, 1.54) is 36.7 Å². The van der Waals surface area contributed by atoms with Crippen LogP contribution in [0, 0.1) is 5.92 Å². The van der Waals surface area contributed by atoms with Crippen LogP contribution in [0.5, 0.6) is 5.75 Å². The molecule has 0 spiro atoms. The van der Waals surface area contributed by atoms with Crippen molar-refractivity contribution < 1.29 is 4.74 Å². The first-order chi connectivity index (χ1) is 9.38. The van der Waals surface area contributed by atoms with Crippen molar-refractivity contribution in [2.24, 2.45) is 5.92 Å². The molecule has 2 aromatic rings. The van der Waals surface area contributed by atoms with Crippen LogP contribution in [-0.2, 0) is 0 Å². The van der Waals surface area contributed by atoms with E-state index in [0.717, 1.165) is 18.2 Å². The number of ether oxygens (including phenoxy) is 1. The fraction of sp³-hybridized carbons (Fsp3) is 0.412. The van der Waals surface area contributed by atoms with Crippen LogP contribution in [-0.4, -0.2) is 30.6 Å². The number of hydrogen-bond donors (Lipinski definition) is 0. The van der Waals surface area contributed by atoms with E-state index >= 15 is 0 Å². The van der Waals surface area contributed by atoms with Crippen molar-refractivity contribution in [2.45, 2.75) is 18.9 Å². The van der Waals surface area contributed by atoms with Gasteiger partial charge in [0.2, 0.25) is 0 Å². The number of rotatable bonds is 2. The Morgan fingerprint density at radius 1 is 0.947 bits per heavy atom. The summed E-state index contributed by atoms with van der Waals surface area (Å²) in [6.07, 6.45) is 3.00. The second-order valence-corrected chi connectivity index (χ2v) is 5.80. The molecule has 2 heteroatoms. The average molecular weight is 253 g/mol. The van der Waals surface area contributed by atoms with Crippen molar-refractivity contribution in [3.8, 4) is 5.75 Å². The van der Waals surface area contributed by atoms with E-state index < -0.39 is 0 Å². The summed E-state index contributed by atoms with van der Waals surface area (Å²) in [4.78, 5) is 2.53.